The first-order valence-corrected chi connectivity index (χ1v) is 12.7. The third kappa shape index (κ3) is 7.14. The fourth-order valence-corrected chi connectivity index (χ4v) is 4.85. The number of aromatic nitrogens is 1. The summed E-state index contributed by atoms with van der Waals surface area (Å²) in [5.41, 5.74) is 2.46. The second-order valence-electron chi connectivity index (χ2n) is 9.64. The molecule has 33 heavy (non-hydrogen) atoms. The van der Waals surface area contributed by atoms with Gasteiger partial charge in [0.15, 0.2) is 0 Å². The number of fused-ring (bicyclic) bond motifs is 1. The molecule has 0 spiro atoms. The highest BCUT2D eigenvalue weighted by Crippen LogP contribution is 2.28. The Morgan fingerprint density at radius 2 is 2.00 bits per heavy atom. The van der Waals surface area contributed by atoms with Gasteiger partial charge in [0.05, 0.1) is 0 Å². The number of aryl methyl sites for hydroxylation is 2. The largest absolute Gasteiger partial charge is 0.480 e. The predicted octanol–water partition coefficient (Wildman–Crippen LogP) is 2.61. The summed E-state index contributed by atoms with van der Waals surface area (Å²) < 4.78 is 5.30. The van der Waals surface area contributed by atoms with Crippen molar-refractivity contribution in [2.45, 2.75) is 76.3 Å². The van der Waals surface area contributed by atoms with Crippen molar-refractivity contribution in [3.63, 3.8) is 0 Å². The van der Waals surface area contributed by atoms with Crippen molar-refractivity contribution in [3.8, 4) is 0 Å². The number of anilines is 1. The molecule has 3 N–H and O–H groups in total. The van der Waals surface area contributed by atoms with Gasteiger partial charge in [0.2, 0.25) is 5.91 Å². The van der Waals surface area contributed by atoms with Gasteiger partial charge in [-0.2, -0.15) is 0 Å². The quantitative estimate of drug-likeness (QED) is 0.414. The Morgan fingerprint density at radius 1 is 1.18 bits per heavy atom. The van der Waals surface area contributed by atoms with Crippen LogP contribution in [-0.4, -0.2) is 71.8 Å². The summed E-state index contributed by atoms with van der Waals surface area (Å²) in [5, 5.41) is 15.8. The molecule has 0 bridgehead atoms. The maximum atomic E-state index is 12.5. The number of amides is 1. The Kier molecular flexibility index (Phi) is 8.56. The third-order valence-corrected chi connectivity index (χ3v) is 7.05. The molecule has 1 atom stereocenters. The van der Waals surface area contributed by atoms with Crippen molar-refractivity contribution in [3.05, 3.63) is 23.4 Å². The molecule has 3 heterocycles. The summed E-state index contributed by atoms with van der Waals surface area (Å²) in [6, 6.07) is 4.11. The van der Waals surface area contributed by atoms with Crippen LogP contribution in [0.4, 0.5) is 5.82 Å². The van der Waals surface area contributed by atoms with E-state index in [-0.39, 0.29) is 11.8 Å². The maximum absolute atomic E-state index is 12.5. The fraction of sp³-hybridized carbons (Fsp3) is 0.720. The summed E-state index contributed by atoms with van der Waals surface area (Å²) in [4.78, 5) is 31.4. The standard InChI is InChI=1S/C25H38N4O4/c30-24(19-11-16-33-17-12-19)28-22(25(31)32)10-15-29(21-8-9-21)14-2-1-5-20-7-6-18-4-3-13-26-23(18)27-20/h6-7,19,21-22H,1-5,8-17H2,(H,26,27)(H,28,30)(H,31,32). The molecule has 3 aliphatic rings. The molecular weight excluding hydrogens is 420 g/mol. The zero-order valence-corrected chi connectivity index (χ0v) is 19.6. The van der Waals surface area contributed by atoms with Crippen molar-refractivity contribution >= 4 is 17.7 Å². The van der Waals surface area contributed by atoms with Crippen molar-refractivity contribution < 1.29 is 19.4 Å². The Morgan fingerprint density at radius 3 is 2.76 bits per heavy atom. The van der Waals surface area contributed by atoms with E-state index >= 15 is 0 Å². The second kappa shape index (κ2) is 11.8. The number of unbranched alkanes of at least 4 members (excludes halogenated alkanes) is 1. The minimum atomic E-state index is -0.946. The first-order valence-electron chi connectivity index (χ1n) is 12.7. The van der Waals surface area contributed by atoms with Gasteiger partial charge >= 0.3 is 5.97 Å². The predicted molar refractivity (Wildman–Crippen MR) is 126 cm³/mol. The number of aliphatic carboxylic acids is 1. The van der Waals surface area contributed by atoms with Gasteiger partial charge in [-0.05, 0) is 82.4 Å². The van der Waals surface area contributed by atoms with Gasteiger partial charge in [-0.3, -0.25) is 4.79 Å². The number of hydrogen-bond donors (Lipinski definition) is 3. The molecule has 1 amide bonds. The van der Waals surface area contributed by atoms with Crippen LogP contribution in [0.25, 0.3) is 0 Å². The molecule has 1 aliphatic carbocycles. The number of pyridine rings is 1. The van der Waals surface area contributed by atoms with Gasteiger partial charge in [0, 0.05) is 44.0 Å². The number of rotatable bonds is 12. The van der Waals surface area contributed by atoms with Crippen LogP contribution in [0.3, 0.4) is 0 Å². The molecular formula is C25H38N4O4. The van der Waals surface area contributed by atoms with Crippen molar-refractivity contribution in [1.29, 1.82) is 0 Å². The van der Waals surface area contributed by atoms with Crippen molar-refractivity contribution in [2.75, 3.05) is 38.2 Å². The van der Waals surface area contributed by atoms with Crippen LogP contribution < -0.4 is 10.6 Å². The Bertz CT molecular complexity index is 808. The third-order valence-electron chi connectivity index (χ3n) is 7.05. The number of carbonyl (C=O) groups excluding carboxylic acids is 1. The molecule has 0 aromatic carbocycles. The van der Waals surface area contributed by atoms with Gasteiger partial charge in [0.25, 0.3) is 0 Å². The van der Waals surface area contributed by atoms with E-state index in [0.717, 1.165) is 50.3 Å². The van der Waals surface area contributed by atoms with Crippen LogP contribution in [0.1, 0.15) is 62.6 Å². The van der Waals surface area contributed by atoms with E-state index < -0.39 is 12.0 Å². The summed E-state index contributed by atoms with van der Waals surface area (Å²) >= 11 is 0. The van der Waals surface area contributed by atoms with Crippen LogP contribution >= 0.6 is 0 Å². The maximum Gasteiger partial charge on any atom is 0.326 e. The zero-order chi connectivity index (χ0) is 23.0. The van der Waals surface area contributed by atoms with Gasteiger partial charge in [-0.15, -0.1) is 0 Å². The van der Waals surface area contributed by atoms with Gasteiger partial charge in [-0.1, -0.05) is 6.07 Å². The molecule has 1 aromatic rings. The molecule has 8 heteroatoms. The molecule has 2 aliphatic heterocycles. The SMILES string of the molecule is O=C(NC(CCN(CCCCc1ccc2c(n1)NCCC2)C1CC1)C(=O)O)C1CCOCC1. The highest BCUT2D eigenvalue weighted by Gasteiger charge is 2.31. The molecule has 1 saturated carbocycles. The van der Waals surface area contributed by atoms with E-state index in [2.05, 4.69) is 27.7 Å². The lowest BCUT2D eigenvalue weighted by Crippen LogP contribution is -2.46. The number of ether oxygens (including phenoxy) is 1. The topological polar surface area (TPSA) is 104 Å². The summed E-state index contributed by atoms with van der Waals surface area (Å²) in [5.74, 6) is -0.164. The van der Waals surface area contributed by atoms with E-state index in [1.165, 1.54) is 24.8 Å². The molecule has 0 radical (unpaired) electrons. The minimum absolute atomic E-state index is 0.132. The first-order chi connectivity index (χ1) is 16.1. The fourth-order valence-electron chi connectivity index (χ4n) is 4.85. The first kappa shape index (κ1) is 24.0. The molecule has 1 unspecified atom stereocenters. The second-order valence-corrected chi connectivity index (χ2v) is 9.64. The summed E-state index contributed by atoms with van der Waals surface area (Å²) in [6.45, 7) is 3.82. The number of carbonyl (C=O) groups is 2. The van der Waals surface area contributed by atoms with Crippen molar-refractivity contribution in [2.24, 2.45) is 5.92 Å². The van der Waals surface area contributed by atoms with Crippen LogP contribution in [-0.2, 0) is 27.2 Å². The monoisotopic (exact) mass is 458 g/mol. The lowest BCUT2D eigenvalue weighted by molar-refractivity contribution is -0.143. The normalized spacial score (nSPS) is 19.5. The smallest absolute Gasteiger partial charge is 0.326 e. The lowest BCUT2D eigenvalue weighted by atomic mass is 9.98. The van der Waals surface area contributed by atoms with Crippen LogP contribution in [0.2, 0.25) is 0 Å². The molecule has 182 valence electrons. The van der Waals surface area contributed by atoms with E-state index in [1.807, 2.05) is 0 Å². The highest BCUT2D eigenvalue weighted by molar-refractivity contribution is 5.85. The zero-order valence-electron chi connectivity index (χ0n) is 19.6. The molecule has 1 aromatic heterocycles. The molecule has 8 nitrogen and oxygen atoms in total. The Balaban J connectivity index is 1.20. The molecule has 1 saturated heterocycles. The number of nitrogens with one attached hydrogen (secondary N) is 2. The van der Waals surface area contributed by atoms with E-state index in [4.69, 9.17) is 9.72 Å². The highest BCUT2D eigenvalue weighted by atomic mass is 16.5. The average molecular weight is 459 g/mol. The van der Waals surface area contributed by atoms with Gasteiger partial charge < -0.3 is 25.4 Å². The number of carboxylic acid groups (broad SMARTS) is 1. The van der Waals surface area contributed by atoms with E-state index in [0.29, 0.717) is 45.1 Å². The summed E-state index contributed by atoms with van der Waals surface area (Å²) in [7, 11) is 0. The average Bonchev–Trinajstić information content (AvgIpc) is 3.68. The molecule has 2 fully saturated rings. The van der Waals surface area contributed by atoms with E-state index in [9.17, 15) is 14.7 Å². The van der Waals surface area contributed by atoms with Crippen molar-refractivity contribution in [1.82, 2.24) is 15.2 Å². The Hall–Kier alpha value is -2.19. The van der Waals surface area contributed by atoms with Crippen LogP contribution in [0, 0.1) is 5.92 Å². The Labute approximate surface area is 196 Å². The number of nitrogens with zero attached hydrogens (tertiary/aromatic N) is 2. The number of carboxylic acids is 1. The van der Waals surface area contributed by atoms with E-state index in [1.54, 1.807) is 0 Å². The summed E-state index contributed by atoms with van der Waals surface area (Å²) in [6.07, 6.45) is 9.53. The van der Waals surface area contributed by atoms with Gasteiger partial charge in [-0.25, -0.2) is 9.78 Å². The number of hydrogen-bond acceptors (Lipinski definition) is 6. The van der Waals surface area contributed by atoms with Crippen LogP contribution in [0.15, 0.2) is 12.1 Å². The van der Waals surface area contributed by atoms with Crippen LogP contribution in [0.5, 0.6) is 0 Å². The minimum Gasteiger partial charge on any atom is -0.480 e. The molecule has 4 rings (SSSR count). The van der Waals surface area contributed by atoms with Gasteiger partial charge in [0.1, 0.15) is 11.9 Å². The lowest BCUT2D eigenvalue weighted by Gasteiger charge is -2.26.